The van der Waals surface area contributed by atoms with Crippen LogP contribution in [0.1, 0.15) is 58.3 Å². The number of likely N-dealkylation sites (tertiary alicyclic amines) is 1. The fourth-order valence-electron chi connectivity index (χ4n) is 2.60. The quantitative estimate of drug-likeness (QED) is 0.621. The molecule has 0 saturated carbocycles. The van der Waals surface area contributed by atoms with E-state index >= 15 is 0 Å². The van der Waals surface area contributed by atoms with E-state index in [2.05, 4.69) is 11.8 Å². The molecule has 1 aliphatic rings. The summed E-state index contributed by atoms with van der Waals surface area (Å²) in [4.78, 5) is 12.9. The van der Waals surface area contributed by atoms with E-state index in [1.54, 1.807) is 0 Å². The molecule has 0 bridgehead atoms. The van der Waals surface area contributed by atoms with Crippen LogP contribution < -0.4 is 0 Å². The van der Waals surface area contributed by atoms with E-state index in [9.17, 15) is 4.79 Å². The first-order valence-corrected chi connectivity index (χ1v) is 7.78. The van der Waals surface area contributed by atoms with Gasteiger partial charge in [-0.2, -0.15) is 0 Å². The van der Waals surface area contributed by atoms with Crippen LogP contribution in [0.2, 0.25) is 0 Å². The van der Waals surface area contributed by atoms with Crippen molar-refractivity contribution < 1.29 is 14.6 Å². The maximum atomic E-state index is 10.4. The monoisotopic (exact) mass is 271 g/mol. The Balaban J connectivity index is 1.96. The van der Waals surface area contributed by atoms with Gasteiger partial charge in [0.25, 0.3) is 0 Å². The summed E-state index contributed by atoms with van der Waals surface area (Å²) in [5.41, 5.74) is 0. The Kier molecular flexibility index (Phi) is 8.84. The molecule has 0 radical (unpaired) electrons. The smallest absolute Gasteiger partial charge is 0.329 e. The fourth-order valence-corrected chi connectivity index (χ4v) is 2.60. The van der Waals surface area contributed by atoms with Crippen LogP contribution >= 0.6 is 0 Å². The Morgan fingerprint density at radius 3 is 2.42 bits per heavy atom. The van der Waals surface area contributed by atoms with Gasteiger partial charge in [0.15, 0.2) is 0 Å². The van der Waals surface area contributed by atoms with E-state index in [1.807, 2.05) is 0 Å². The predicted octanol–water partition coefficient (Wildman–Crippen LogP) is 2.91. The lowest BCUT2D eigenvalue weighted by atomic mass is 10.1. The third-order valence-corrected chi connectivity index (χ3v) is 3.81. The Hall–Kier alpha value is -0.610. The molecule has 1 N–H and O–H groups in total. The minimum Gasteiger partial charge on any atom is -0.480 e. The van der Waals surface area contributed by atoms with Gasteiger partial charge < -0.3 is 14.7 Å². The van der Waals surface area contributed by atoms with Crippen molar-refractivity contribution in [2.24, 2.45) is 0 Å². The molecule has 0 atom stereocenters. The molecule has 4 heteroatoms. The lowest BCUT2D eigenvalue weighted by Gasteiger charge is -2.31. The van der Waals surface area contributed by atoms with Crippen molar-refractivity contribution in [1.29, 1.82) is 0 Å². The maximum absolute atomic E-state index is 10.4. The Bertz CT molecular complexity index is 238. The highest BCUT2D eigenvalue weighted by molar-refractivity contribution is 5.68. The van der Waals surface area contributed by atoms with Crippen molar-refractivity contribution in [3.8, 4) is 0 Å². The fraction of sp³-hybridized carbons (Fsp3) is 0.933. The molecule has 112 valence electrons. The molecule has 1 saturated heterocycles. The molecule has 0 aromatic rings. The number of carbonyl (C=O) groups is 1. The molecule has 1 heterocycles. The van der Waals surface area contributed by atoms with E-state index in [0.717, 1.165) is 25.9 Å². The van der Waals surface area contributed by atoms with Gasteiger partial charge in [-0.1, -0.05) is 39.0 Å². The zero-order valence-electron chi connectivity index (χ0n) is 12.3. The second-order valence-corrected chi connectivity index (χ2v) is 5.51. The van der Waals surface area contributed by atoms with E-state index in [-0.39, 0.29) is 12.7 Å². The summed E-state index contributed by atoms with van der Waals surface area (Å²) in [5, 5.41) is 8.57. The van der Waals surface area contributed by atoms with Crippen molar-refractivity contribution in [2.75, 3.05) is 26.2 Å². The first-order valence-electron chi connectivity index (χ1n) is 7.78. The number of carboxylic acids is 1. The highest BCUT2D eigenvalue weighted by Crippen LogP contribution is 2.14. The van der Waals surface area contributed by atoms with Crippen molar-refractivity contribution >= 4 is 5.97 Å². The summed E-state index contributed by atoms with van der Waals surface area (Å²) in [6, 6.07) is 0. The number of nitrogens with zero attached hydrogens (tertiary/aromatic N) is 1. The van der Waals surface area contributed by atoms with Gasteiger partial charge in [-0.15, -0.1) is 0 Å². The molecule has 4 nitrogen and oxygen atoms in total. The third-order valence-electron chi connectivity index (χ3n) is 3.81. The second kappa shape index (κ2) is 10.2. The summed E-state index contributed by atoms with van der Waals surface area (Å²) < 4.78 is 5.34. The van der Waals surface area contributed by atoms with Crippen LogP contribution in [0.15, 0.2) is 0 Å². The molecular weight excluding hydrogens is 242 g/mol. The highest BCUT2D eigenvalue weighted by Gasteiger charge is 2.19. The molecule has 1 aliphatic heterocycles. The molecule has 19 heavy (non-hydrogen) atoms. The number of ether oxygens (including phenoxy) is 1. The van der Waals surface area contributed by atoms with Crippen molar-refractivity contribution in [2.45, 2.75) is 64.4 Å². The summed E-state index contributed by atoms with van der Waals surface area (Å²) in [7, 11) is 0. The summed E-state index contributed by atoms with van der Waals surface area (Å²) in [6.07, 6.45) is 10.2. The van der Waals surface area contributed by atoms with Crippen LogP contribution in [0, 0.1) is 0 Å². The number of aliphatic carboxylic acids is 1. The van der Waals surface area contributed by atoms with Gasteiger partial charge in [-0.3, -0.25) is 0 Å². The molecule has 0 spiro atoms. The van der Waals surface area contributed by atoms with E-state index in [1.165, 1.54) is 45.1 Å². The number of unbranched alkanes of at least 4 members (excludes halogenated alkanes) is 5. The minimum absolute atomic E-state index is 0.150. The molecule has 0 aliphatic carbocycles. The third kappa shape index (κ3) is 8.22. The Morgan fingerprint density at radius 1 is 1.16 bits per heavy atom. The molecule has 0 aromatic carbocycles. The van der Waals surface area contributed by atoms with E-state index in [0.29, 0.717) is 0 Å². The van der Waals surface area contributed by atoms with Crippen LogP contribution in [0.3, 0.4) is 0 Å². The zero-order chi connectivity index (χ0) is 13.9. The zero-order valence-corrected chi connectivity index (χ0v) is 12.3. The van der Waals surface area contributed by atoms with Gasteiger partial charge in [0.05, 0.1) is 6.10 Å². The van der Waals surface area contributed by atoms with Crippen LogP contribution in [-0.2, 0) is 9.53 Å². The lowest BCUT2D eigenvalue weighted by molar-refractivity contribution is -0.145. The largest absolute Gasteiger partial charge is 0.480 e. The summed E-state index contributed by atoms with van der Waals surface area (Å²) >= 11 is 0. The van der Waals surface area contributed by atoms with Crippen LogP contribution in [0.25, 0.3) is 0 Å². The molecular formula is C15H29NO3. The average Bonchev–Trinajstić information content (AvgIpc) is 2.41. The van der Waals surface area contributed by atoms with Crippen molar-refractivity contribution in [3.05, 3.63) is 0 Å². The van der Waals surface area contributed by atoms with E-state index in [4.69, 9.17) is 9.84 Å². The number of hydrogen-bond acceptors (Lipinski definition) is 3. The number of rotatable bonds is 10. The Labute approximate surface area is 117 Å². The van der Waals surface area contributed by atoms with Crippen molar-refractivity contribution in [3.63, 3.8) is 0 Å². The van der Waals surface area contributed by atoms with Gasteiger partial charge in [-0.25, -0.2) is 4.79 Å². The normalized spacial score (nSPS) is 17.7. The number of piperidine rings is 1. The highest BCUT2D eigenvalue weighted by atomic mass is 16.5. The summed E-state index contributed by atoms with van der Waals surface area (Å²) in [6.45, 7) is 5.40. The molecule has 0 aromatic heterocycles. The Morgan fingerprint density at radius 2 is 1.79 bits per heavy atom. The number of hydrogen-bond donors (Lipinski definition) is 1. The summed E-state index contributed by atoms with van der Waals surface area (Å²) in [5.74, 6) is -0.866. The first kappa shape index (κ1) is 16.4. The van der Waals surface area contributed by atoms with Gasteiger partial charge in [0.1, 0.15) is 6.61 Å². The molecule has 0 unspecified atom stereocenters. The standard InChI is InChI=1S/C15H29NO3/c1-2-3-4-5-6-7-10-16-11-8-14(9-12-16)19-13-15(17)18/h14H,2-13H2,1H3,(H,17,18). The van der Waals surface area contributed by atoms with Crippen LogP contribution in [0.5, 0.6) is 0 Å². The molecule has 1 fully saturated rings. The lowest BCUT2D eigenvalue weighted by Crippen LogP contribution is -2.38. The van der Waals surface area contributed by atoms with Crippen molar-refractivity contribution in [1.82, 2.24) is 4.90 Å². The van der Waals surface area contributed by atoms with Gasteiger partial charge >= 0.3 is 5.97 Å². The van der Waals surface area contributed by atoms with Gasteiger partial charge in [0.2, 0.25) is 0 Å². The minimum atomic E-state index is -0.866. The molecule has 1 rings (SSSR count). The van der Waals surface area contributed by atoms with Gasteiger partial charge in [0, 0.05) is 13.1 Å². The van der Waals surface area contributed by atoms with Crippen LogP contribution in [-0.4, -0.2) is 48.3 Å². The van der Waals surface area contributed by atoms with Crippen LogP contribution in [0.4, 0.5) is 0 Å². The maximum Gasteiger partial charge on any atom is 0.329 e. The van der Waals surface area contributed by atoms with Gasteiger partial charge in [-0.05, 0) is 25.8 Å². The SMILES string of the molecule is CCCCCCCCN1CCC(OCC(=O)O)CC1. The predicted molar refractivity (Wildman–Crippen MR) is 76.4 cm³/mol. The van der Waals surface area contributed by atoms with E-state index < -0.39 is 5.97 Å². The topological polar surface area (TPSA) is 49.8 Å². The second-order valence-electron chi connectivity index (χ2n) is 5.51. The molecule has 0 amide bonds. The average molecular weight is 271 g/mol. The number of carboxylic acid groups (broad SMARTS) is 1. The first-order chi connectivity index (χ1) is 9.22.